The van der Waals surface area contributed by atoms with Crippen LogP contribution >= 0.6 is 0 Å². The van der Waals surface area contributed by atoms with Gasteiger partial charge in [0.25, 0.3) is 0 Å². The molecular formula is C29H52. The molecule has 1 saturated carbocycles. The first kappa shape index (κ1) is 24.7. The summed E-state index contributed by atoms with van der Waals surface area (Å²) in [6.07, 6.45) is 21.6. The Hall–Kier alpha value is -0.520. The molecule has 0 radical (unpaired) electrons. The summed E-state index contributed by atoms with van der Waals surface area (Å²) in [5.41, 5.74) is 1.89. The maximum absolute atomic E-state index is 2.67. The summed E-state index contributed by atoms with van der Waals surface area (Å²) in [7, 11) is 0. The van der Waals surface area contributed by atoms with E-state index in [4.69, 9.17) is 0 Å². The zero-order valence-electron chi connectivity index (χ0n) is 20.9. The van der Waals surface area contributed by atoms with Gasteiger partial charge < -0.3 is 0 Å². The quantitative estimate of drug-likeness (QED) is 0.226. The monoisotopic (exact) mass is 400 g/mol. The van der Waals surface area contributed by atoms with Crippen molar-refractivity contribution < 1.29 is 0 Å². The molecule has 2 aliphatic rings. The van der Waals surface area contributed by atoms with E-state index in [0.717, 1.165) is 47.3 Å². The van der Waals surface area contributed by atoms with E-state index in [1.165, 1.54) is 64.2 Å². The molecule has 0 heterocycles. The molecule has 0 nitrogen and oxygen atoms in total. The molecule has 0 heteroatoms. The molecule has 7 unspecified atom stereocenters. The number of hydrogen-bond acceptors (Lipinski definition) is 0. The summed E-state index contributed by atoms with van der Waals surface area (Å²) in [6, 6.07) is 0. The normalized spacial score (nSPS) is 29.2. The molecule has 0 saturated heterocycles. The van der Waals surface area contributed by atoms with Gasteiger partial charge in [0.05, 0.1) is 0 Å². The topological polar surface area (TPSA) is 0 Å². The summed E-state index contributed by atoms with van der Waals surface area (Å²) >= 11 is 0. The first-order valence-corrected chi connectivity index (χ1v) is 13.3. The molecule has 7 atom stereocenters. The minimum atomic E-state index is 0.779. The van der Waals surface area contributed by atoms with Crippen molar-refractivity contribution in [3.63, 3.8) is 0 Å². The number of allylic oxidation sites excluding steroid dienone is 4. The Morgan fingerprint density at radius 3 is 2.17 bits per heavy atom. The van der Waals surface area contributed by atoms with E-state index in [9.17, 15) is 0 Å². The van der Waals surface area contributed by atoms with E-state index in [2.05, 4.69) is 66.7 Å². The summed E-state index contributed by atoms with van der Waals surface area (Å²) < 4.78 is 0. The lowest BCUT2D eigenvalue weighted by Gasteiger charge is -2.17. The highest BCUT2D eigenvalue weighted by atomic mass is 14.6. The van der Waals surface area contributed by atoms with E-state index in [0.29, 0.717) is 0 Å². The second kappa shape index (κ2) is 12.4. The van der Waals surface area contributed by atoms with Crippen molar-refractivity contribution in [2.75, 3.05) is 0 Å². The lowest BCUT2D eigenvalue weighted by Crippen LogP contribution is -2.06. The second-order valence-corrected chi connectivity index (χ2v) is 11.1. The van der Waals surface area contributed by atoms with Crippen molar-refractivity contribution in [2.45, 2.75) is 113 Å². The van der Waals surface area contributed by atoms with E-state index in [1.807, 2.05) is 5.57 Å². The molecule has 29 heavy (non-hydrogen) atoms. The smallest absolute Gasteiger partial charge is 0.00145 e. The SMILES string of the molecule is CC=CC(CCC1C(CCCC)C1C1=CC1CC(C)CCC(C)CCC)C(C)C. The molecule has 0 bridgehead atoms. The molecule has 0 aliphatic heterocycles. The first-order chi connectivity index (χ1) is 13.9. The molecular weight excluding hydrogens is 348 g/mol. The van der Waals surface area contributed by atoms with Crippen molar-refractivity contribution in [1.82, 2.24) is 0 Å². The molecule has 0 amide bonds. The van der Waals surface area contributed by atoms with Crippen LogP contribution in [0.25, 0.3) is 0 Å². The largest absolute Gasteiger partial charge is 0.0914 e. The maximum atomic E-state index is 2.67. The zero-order chi connectivity index (χ0) is 21.4. The molecule has 0 aromatic heterocycles. The van der Waals surface area contributed by atoms with Crippen molar-refractivity contribution in [2.24, 2.45) is 47.3 Å². The highest BCUT2D eigenvalue weighted by molar-refractivity contribution is 5.37. The average Bonchev–Trinajstić information content (AvgIpc) is 3.57. The molecule has 2 aliphatic carbocycles. The highest BCUT2D eigenvalue weighted by Crippen LogP contribution is 2.62. The van der Waals surface area contributed by atoms with Crippen LogP contribution < -0.4 is 0 Å². The molecule has 0 spiro atoms. The van der Waals surface area contributed by atoms with Crippen molar-refractivity contribution >= 4 is 0 Å². The molecule has 0 N–H and O–H groups in total. The first-order valence-electron chi connectivity index (χ1n) is 13.3. The third-order valence-corrected chi connectivity index (χ3v) is 8.04. The molecule has 168 valence electrons. The maximum Gasteiger partial charge on any atom is -0.00145 e. The minimum absolute atomic E-state index is 0.779. The Morgan fingerprint density at radius 1 is 0.862 bits per heavy atom. The Bertz CT molecular complexity index is 510. The highest BCUT2D eigenvalue weighted by Gasteiger charge is 2.54. The van der Waals surface area contributed by atoms with Gasteiger partial charge in [0.15, 0.2) is 0 Å². The van der Waals surface area contributed by atoms with Gasteiger partial charge in [0.1, 0.15) is 0 Å². The Labute approximate surface area is 184 Å². The Balaban J connectivity index is 1.78. The Kier molecular flexibility index (Phi) is 10.5. The van der Waals surface area contributed by atoms with Gasteiger partial charge in [-0.1, -0.05) is 104 Å². The minimum Gasteiger partial charge on any atom is -0.0914 e. The van der Waals surface area contributed by atoms with Gasteiger partial charge in [0, 0.05) is 0 Å². The molecule has 0 aromatic rings. The number of hydrogen-bond donors (Lipinski definition) is 0. The van der Waals surface area contributed by atoms with Crippen LogP contribution in [-0.2, 0) is 0 Å². The summed E-state index contributed by atoms with van der Waals surface area (Å²) in [5, 5.41) is 0. The predicted octanol–water partition coefficient (Wildman–Crippen LogP) is 9.47. The lowest BCUT2D eigenvalue weighted by molar-refractivity contribution is 0.385. The van der Waals surface area contributed by atoms with E-state index < -0.39 is 0 Å². The van der Waals surface area contributed by atoms with E-state index in [1.54, 1.807) is 0 Å². The standard InChI is InChI=1S/C29H52/c1-8-11-14-26-27(18-17-24(13-10-3)21(4)5)29(26)28-20-25(28)19-23(7)16-15-22(6)12-9-2/h10,13,20-27,29H,8-9,11-12,14-19H2,1-7H3. The zero-order valence-corrected chi connectivity index (χ0v) is 20.9. The molecule has 1 fully saturated rings. The Morgan fingerprint density at radius 2 is 1.55 bits per heavy atom. The van der Waals surface area contributed by atoms with Crippen LogP contribution in [0.4, 0.5) is 0 Å². The van der Waals surface area contributed by atoms with Gasteiger partial charge in [0.2, 0.25) is 0 Å². The third-order valence-electron chi connectivity index (χ3n) is 8.04. The summed E-state index contributed by atoms with van der Waals surface area (Å²) in [6.45, 7) is 16.6. The number of rotatable bonds is 16. The van der Waals surface area contributed by atoms with Gasteiger partial charge in [-0.05, 0) is 80.0 Å². The fourth-order valence-electron chi connectivity index (χ4n) is 5.95. The molecule has 2 rings (SSSR count). The lowest BCUT2D eigenvalue weighted by atomic mass is 9.89. The average molecular weight is 401 g/mol. The third kappa shape index (κ3) is 7.91. The second-order valence-electron chi connectivity index (χ2n) is 11.1. The molecule has 0 aromatic carbocycles. The van der Waals surface area contributed by atoms with Crippen LogP contribution in [0, 0.1) is 47.3 Å². The van der Waals surface area contributed by atoms with Crippen LogP contribution in [0.5, 0.6) is 0 Å². The van der Waals surface area contributed by atoms with Crippen LogP contribution in [0.3, 0.4) is 0 Å². The fourth-order valence-corrected chi connectivity index (χ4v) is 5.95. The van der Waals surface area contributed by atoms with Gasteiger partial charge in [-0.2, -0.15) is 0 Å². The van der Waals surface area contributed by atoms with Crippen LogP contribution in [0.2, 0.25) is 0 Å². The van der Waals surface area contributed by atoms with Crippen molar-refractivity contribution in [3.8, 4) is 0 Å². The van der Waals surface area contributed by atoms with Crippen molar-refractivity contribution in [3.05, 3.63) is 23.8 Å². The summed E-state index contributed by atoms with van der Waals surface area (Å²) in [5.74, 6) is 7.25. The predicted molar refractivity (Wildman–Crippen MR) is 131 cm³/mol. The van der Waals surface area contributed by atoms with E-state index in [-0.39, 0.29) is 0 Å². The summed E-state index contributed by atoms with van der Waals surface area (Å²) in [4.78, 5) is 0. The van der Waals surface area contributed by atoms with Gasteiger partial charge in [-0.25, -0.2) is 0 Å². The fraction of sp³-hybridized carbons (Fsp3) is 0.862. The van der Waals surface area contributed by atoms with Gasteiger partial charge in [-0.3, -0.25) is 0 Å². The van der Waals surface area contributed by atoms with Gasteiger partial charge in [-0.15, -0.1) is 0 Å². The van der Waals surface area contributed by atoms with Crippen LogP contribution in [0.15, 0.2) is 23.8 Å². The van der Waals surface area contributed by atoms with Crippen LogP contribution in [-0.4, -0.2) is 0 Å². The number of unbranched alkanes of at least 4 members (excludes halogenated alkanes) is 1. The van der Waals surface area contributed by atoms with Gasteiger partial charge >= 0.3 is 0 Å². The van der Waals surface area contributed by atoms with Crippen LogP contribution in [0.1, 0.15) is 113 Å². The van der Waals surface area contributed by atoms with Crippen molar-refractivity contribution in [1.29, 1.82) is 0 Å². The van der Waals surface area contributed by atoms with E-state index >= 15 is 0 Å².